The lowest BCUT2D eigenvalue weighted by Crippen LogP contribution is -2.15. The lowest BCUT2D eigenvalue weighted by molar-refractivity contribution is 0.452. The fourth-order valence-electron chi connectivity index (χ4n) is 1.99. The maximum atomic E-state index is 13.3. The number of nitrogens with two attached hydrogens (primary N) is 1. The first-order valence-electron chi connectivity index (χ1n) is 6.15. The average molecular weight is 273 g/mol. The summed E-state index contributed by atoms with van der Waals surface area (Å²) in [6, 6.07) is 6.10. The molecule has 20 heavy (non-hydrogen) atoms. The number of nitrogens with one attached hydrogen (secondary N) is 1. The molecular weight excluding hydrogens is 257 g/mol. The number of halogens is 1. The number of hydrogen-bond acceptors (Lipinski definition) is 3. The van der Waals surface area contributed by atoms with E-state index in [1.807, 2.05) is 26.8 Å². The number of amidine groups is 1. The zero-order valence-corrected chi connectivity index (χ0v) is 11.6. The summed E-state index contributed by atoms with van der Waals surface area (Å²) in [6.45, 7) is 5.46. The Kier molecular flexibility index (Phi) is 3.70. The Bertz CT molecular complexity index is 683. The summed E-state index contributed by atoms with van der Waals surface area (Å²) in [6.07, 6.45) is 0. The second-order valence-corrected chi connectivity index (χ2v) is 4.69. The minimum absolute atomic E-state index is 0.126. The van der Waals surface area contributed by atoms with Crippen LogP contribution in [-0.4, -0.2) is 10.8 Å². The zero-order chi connectivity index (χ0) is 14.9. The van der Waals surface area contributed by atoms with Gasteiger partial charge in [-0.3, -0.25) is 5.41 Å². The van der Waals surface area contributed by atoms with Crippen LogP contribution in [-0.2, 0) is 0 Å². The highest BCUT2D eigenvalue weighted by atomic mass is 19.1. The molecule has 1 aromatic heterocycles. The van der Waals surface area contributed by atoms with Crippen molar-refractivity contribution >= 4 is 5.84 Å². The molecule has 0 unspecified atom stereocenters. The number of nitrogen functional groups attached to an aromatic ring is 1. The van der Waals surface area contributed by atoms with E-state index in [2.05, 4.69) is 4.98 Å². The van der Waals surface area contributed by atoms with Crippen molar-refractivity contribution in [1.29, 1.82) is 5.41 Å². The summed E-state index contributed by atoms with van der Waals surface area (Å²) < 4.78 is 19.0. The maximum Gasteiger partial charge on any atom is 0.230 e. The van der Waals surface area contributed by atoms with Gasteiger partial charge in [-0.05, 0) is 44.0 Å². The lowest BCUT2D eigenvalue weighted by atomic mass is 10.1. The van der Waals surface area contributed by atoms with Crippen LogP contribution in [0.25, 0.3) is 0 Å². The SMILES string of the molecule is Cc1cc(C)c(C(=N)N)c(Oc2cc(F)ccc2C)n1. The van der Waals surface area contributed by atoms with Crippen molar-refractivity contribution in [2.24, 2.45) is 5.73 Å². The van der Waals surface area contributed by atoms with Crippen LogP contribution in [0.3, 0.4) is 0 Å². The fraction of sp³-hybridized carbons (Fsp3) is 0.200. The predicted octanol–water partition coefficient (Wildman–Crippen LogP) is 3.22. The summed E-state index contributed by atoms with van der Waals surface area (Å²) in [4.78, 5) is 4.26. The van der Waals surface area contributed by atoms with Crippen molar-refractivity contribution in [3.63, 3.8) is 0 Å². The zero-order valence-electron chi connectivity index (χ0n) is 11.6. The standard InChI is InChI=1S/C15H16FN3O/c1-8-4-5-11(16)7-12(8)20-15-13(14(17)18)9(2)6-10(3)19-15/h4-7H,1-3H3,(H3,17,18). The highest BCUT2D eigenvalue weighted by molar-refractivity contribution is 5.98. The molecule has 1 aromatic carbocycles. The summed E-state index contributed by atoms with van der Waals surface area (Å²) >= 11 is 0. The van der Waals surface area contributed by atoms with E-state index in [9.17, 15) is 4.39 Å². The average Bonchev–Trinajstić information content (AvgIpc) is 2.32. The topological polar surface area (TPSA) is 72.0 Å². The predicted molar refractivity (Wildman–Crippen MR) is 75.9 cm³/mol. The molecule has 0 aliphatic rings. The minimum atomic E-state index is -0.389. The molecule has 0 spiro atoms. The quantitative estimate of drug-likeness (QED) is 0.666. The van der Waals surface area contributed by atoms with Gasteiger partial charge >= 0.3 is 0 Å². The van der Waals surface area contributed by atoms with Crippen LogP contribution >= 0.6 is 0 Å². The molecule has 4 nitrogen and oxygen atoms in total. The van der Waals surface area contributed by atoms with Crippen molar-refractivity contribution in [3.8, 4) is 11.6 Å². The molecule has 3 N–H and O–H groups in total. The van der Waals surface area contributed by atoms with Gasteiger partial charge in [-0.2, -0.15) is 0 Å². The first-order chi connectivity index (χ1) is 9.38. The molecule has 0 fully saturated rings. The third kappa shape index (κ3) is 2.77. The molecule has 2 aromatic rings. The van der Waals surface area contributed by atoms with E-state index in [1.165, 1.54) is 12.1 Å². The van der Waals surface area contributed by atoms with Crippen LogP contribution in [0.5, 0.6) is 11.6 Å². The molecule has 5 heteroatoms. The normalized spacial score (nSPS) is 10.4. The molecule has 0 radical (unpaired) electrons. The monoisotopic (exact) mass is 273 g/mol. The van der Waals surface area contributed by atoms with Gasteiger partial charge in [0.1, 0.15) is 17.4 Å². The first kappa shape index (κ1) is 14.0. The van der Waals surface area contributed by atoms with Crippen LogP contribution < -0.4 is 10.5 Å². The number of nitrogens with zero attached hydrogens (tertiary/aromatic N) is 1. The van der Waals surface area contributed by atoms with Crippen molar-refractivity contribution in [2.75, 3.05) is 0 Å². The molecule has 0 aliphatic carbocycles. The van der Waals surface area contributed by atoms with E-state index in [-0.39, 0.29) is 17.5 Å². The smallest absolute Gasteiger partial charge is 0.230 e. The summed E-state index contributed by atoms with van der Waals surface area (Å²) in [5, 5.41) is 7.63. The summed E-state index contributed by atoms with van der Waals surface area (Å²) in [5.41, 5.74) is 8.33. The fourth-order valence-corrected chi connectivity index (χ4v) is 1.99. The van der Waals surface area contributed by atoms with Crippen molar-refractivity contribution < 1.29 is 9.13 Å². The second kappa shape index (κ2) is 5.28. The van der Waals surface area contributed by atoms with E-state index in [4.69, 9.17) is 15.9 Å². The van der Waals surface area contributed by atoms with Gasteiger partial charge in [0.15, 0.2) is 0 Å². The Morgan fingerprint density at radius 1 is 1.20 bits per heavy atom. The number of benzene rings is 1. The van der Waals surface area contributed by atoms with Gasteiger partial charge in [0, 0.05) is 11.8 Å². The van der Waals surface area contributed by atoms with E-state index in [0.717, 1.165) is 16.8 Å². The Morgan fingerprint density at radius 3 is 2.55 bits per heavy atom. The number of pyridine rings is 1. The Hall–Kier alpha value is -2.43. The molecular formula is C15H16FN3O. The van der Waals surface area contributed by atoms with Crippen molar-refractivity contribution in [1.82, 2.24) is 4.98 Å². The number of hydrogen-bond donors (Lipinski definition) is 2. The number of aromatic nitrogens is 1. The number of aryl methyl sites for hydroxylation is 3. The van der Waals surface area contributed by atoms with Gasteiger partial charge in [0.25, 0.3) is 0 Å². The number of ether oxygens (including phenoxy) is 1. The molecule has 0 atom stereocenters. The third-order valence-corrected chi connectivity index (χ3v) is 2.94. The Labute approximate surface area is 116 Å². The molecule has 2 rings (SSSR count). The minimum Gasteiger partial charge on any atom is -0.438 e. The molecule has 0 bridgehead atoms. The van der Waals surface area contributed by atoms with Gasteiger partial charge in [0.2, 0.25) is 5.88 Å². The van der Waals surface area contributed by atoms with Gasteiger partial charge in [0.05, 0.1) is 5.56 Å². The second-order valence-electron chi connectivity index (χ2n) is 4.69. The Balaban J connectivity index is 2.53. The van der Waals surface area contributed by atoms with E-state index in [0.29, 0.717) is 11.3 Å². The summed E-state index contributed by atoms with van der Waals surface area (Å²) in [7, 11) is 0. The molecule has 0 saturated heterocycles. The van der Waals surface area contributed by atoms with Gasteiger partial charge < -0.3 is 10.5 Å². The van der Waals surface area contributed by atoms with Crippen molar-refractivity contribution in [3.05, 3.63) is 52.5 Å². The van der Waals surface area contributed by atoms with Gasteiger partial charge in [-0.15, -0.1) is 0 Å². The molecule has 1 heterocycles. The maximum absolute atomic E-state index is 13.3. The molecule has 104 valence electrons. The van der Waals surface area contributed by atoms with E-state index in [1.54, 1.807) is 6.07 Å². The highest BCUT2D eigenvalue weighted by Gasteiger charge is 2.15. The summed E-state index contributed by atoms with van der Waals surface area (Å²) in [5.74, 6) is 0.0760. The van der Waals surface area contributed by atoms with Crippen LogP contribution in [0.1, 0.15) is 22.4 Å². The van der Waals surface area contributed by atoms with Crippen LogP contribution in [0.4, 0.5) is 4.39 Å². The van der Waals surface area contributed by atoms with Crippen LogP contribution in [0.15, 0.2) is 24.3 Å². The molecule has 0 amide bonds. The van der Waals surface area contributed by atoms with Crippen LogP contribution in [0, 0.1) is 32.0 Å². The molecule has 0 aliphatic heterocycles. The van der Waals surface area contributed by atoms with E-state index < -0.39 is 0 Å². The third-order valence-electron chi connectivity index (χ3n) is 2.94. The largest absolute Gasteiger partial charge is 0.438 e. The van der Waals surface area contributed by atoms with E-state index >= 15 is 0 Å². The first-order valence-corrected chi connectivity index (χ1v) is 6.15. The van der Waals surface area contributed by atoms with Gasteiger partial charge in [-0.1, -0.05) is 6.07 Å². The van der Waals surface area contributed by atoms with Crippen molar-refractivity contribution in [2.45, 2.75) is 20.8 Å². The molecule has 0 saturated carbocycles. The van der Waals surface area contributed by atoms with Crippen LogP contribution in [0.2, 0.25) is 0 Å². The Morgan fingerprint density at radius 2 is 1.90 bits per heavy atom. The number of rotatable bonds is 3. The van der Waals surface area contributed by atoms with Gasteiger partial charge in [-0.25, -0.2) is 9.37 Å². The lowest BCUT2D eigenvalue weighted by Gasteiger charge is -2.14. The highest BCUT2D eigenvalue weighted by Crippen LogP contribution is 2.28.